The molecule has 0 aliphatic rings. The van der Waals surface area contributed by atoms with Crippen molar-refractivity contribution in [2.45, 2.75) is 0 Å². The molecule has 5 nitrogen and oxygen atoms in total. The summed E-state index contributed by atoms with van der Waals surface area (Å²) in [5.41, 5.74) is 0.217. The van der Waals surface area contributed by atoms with E-state index in [1.54, 1.807) is 24.3 Å². The smallest absolute Gasteiger partial charge is 0.339 e. The molecule has 2 aromatic rings. The molecule has 0 saturated carbocycles. The van der Waals surface area contributed by atoms with Crippen LogP contribution in [0.25, 0.3) is 0 Å². The van der Waals surface area contributed by atoms with Gasteiger partial charge in [-0.1, -0.05) is 18.1 Å². The van der Waals surface area contributed by atoms with E-state index in [1.807, 2.05) is 0 Å². The number of para-hydroxylation sites is 1. The molecule has 0 fully saturated rings. The van der Waals surface area contributed by atoms with Gasteiger partial charge in [-0.2, -0.15) is 0 Å². The Morgan fingerprint density at radius 1 is 1.00 bits per heavy atom. The molecule has 0 amide bonds. The SMILES string of the molecule is C#Cc1ccccc1Oc1cc(C(=O)O)ccc1C(=O)O. The van der Waals surface area contributed by atoms with Crippen LogP contribution >= 0.6 is 0 Å². The van der Waals surface area contributed by atoms with Gasteiger partial charge in [0.15, 0.2) is 0 Å². The fourth-order valence-electron chi connectivity index (χ4n) is 1.71. The van der Waals surface area contributed by atoms with E-state index in [0.29, 0.717) is 5.56 Å². The van der Waals surface area contributed by atoms with E-state index in [-0.39, 0.29) is 22.6 Å². The first-order valence-corrected chi connectivity index (χ1v) is 5.87. The van der Waals surface area contributed by atoms with Crippen LogP contribution in [0.4, 0.5) is 0 Å². The van der Waals surface area contributed by atoms with E-state index in [0.717, 1.165) is 6.07 Å². The standard InChI is InChI=1S/C16H10O5/c1-2-10-5-3-4-6-13(10)21-14-9-11(15(17)18)7-8-12(14)16(19)20/h1,3-9H,(H,17,18)(H,19,20). The van der Waals surface area contributed by atoms with Gasteiger partial charge in [-0.3, -0.25) is 0 Å². The van der Waals surface area contributed by atoms with Crippen molar-refractivity contribution in [2.75, 3.05) is 0 Å². The number of hydrogen-bond donors (Lipinski definition) is 2. The first-order valence-electron chi connectivity index (χ1n) is 5.87. The fourth-order valence-corrected chi connectivity index (χ4v) is 1.71. The maximum Gasteiger partial charge on any atom is 0.339 e. The van der Waals surface area contributed by atoms with E-state index in [2.05, 4.69) is 5.92 Å². The average Bonchev–Trinajstić information content (AvgIpc) is 2.47. The number of rotatable bonds is 4. The minimum Gasteiger partial charge on any atom is -0.478 e. The van der Waals surface area contributed by atoms with Crippen molar-refractivity contribution >= 4 is 11.9 Å². The molecule has 0 radical (unpaired) electrons. The summed E-state index contributed by atoms with van der Waals surface area (Å²) in [5.74, 6) is 0.216. The third-order valence-electron chi connectivity index (χ3n) is 2.72. The molecule has 0 bridgehead atoms. The van der Waals surface area contributed by atoms with Crippen LogP contribution in [0.5, 0.6) is 11.5 Å². The number of carbonyl (C=O) groups is 2. The Balaban J connectivity index is 2.51. The molecule has 0 heterocycles. The number of aromatic carboxylic acids is 2. The van der Waals surface area contributed by atoms with E-state index >= 15 is 0 Å². The second-order valence-corrected chi connectivity index (χ2v) is 4.06. The zero-order valence-electron chi connectivity index (χ0n) is 10.7. The maximum absolute atomic E-state index is 11.2. The van der Waals surface area contributed by atoms with Crippen molar-refractivity contribution in [1.29, 1.82) is 0 Å². The molecule has 5 heteroatoms. The monoisotopic (exact) mass is 282 g/mol. The molecule has 0 aliphatic carbocycles. The van der Waals surface area contributed by atoms with Gasteiger partial charge in [0.2, 0.25) is 0 Å². The van der Waals surface area contributed by atoms with Crippen LogP contribution in [0.1, 0.15) is 26.3 Å². The summed E-state index contributed by atoms with van der Waals surface area (Å²) in [7, 11) is 0. The van der Waals surface area contributed by atoms with Crippen LogP contribution in [-0.4, -0.2) is 22.2 Å². The highest BCUT2D eigenvalue weighted by atomic mass is 16.5. The number of terminal acetylenes is 1. The Bertz CT molecular complexity index is 756. The predicted molar refractivity (Wildman–Crippen MR) is 74.8 cm³/mol. The highest BCUT2D eigenvalue weighted by molar-refractivity contribution is 5.94. The van der Waals surface area contributed by atoms with Gasteiger partial charge >= 0.3 is 11.9 Å². The second-order valence-electron chi connectivity index (χ2n) is 4.06. The summed E-state index contributed by atoms with van der Waals surface area (Å²) in [4.78, 5) is 22.2. The summed E-state index contributed by atoms with van der Waals surface area (Å²) >= 11 is 0. The molecular formula is C16H10O5. The number of carboxylic acids is 2. The lowest BCUT2D eigenvalue weighted by molar-refractivity contribution is 0.0678. The van der Waals surface area contributed by atoms with Crippen molar-refractivity contribution in [1.82, 2.24) is 0 Å². The Labute approximate surface area is 120 Å². The van der Waals surface area contributed by atoms with Crippen molar-refractivity contribution in [2.24, 2.45) is 0 Å². The molecule has 0 spiro atoms. The van der Waals surface area contributed by atoms with Crippen molar-refractivity contribution in [3.05, 3.63) is 59.2 Å². The largest absolute Gasteiger partial charge is 0.478 e. The molecular weight excluding hydrogens is 272 g/mol. The Hall–Kier alpha value is -3.26. The third kappa shape index (κ3) is 3.01. The fraction of sp³-hybridized carbons (Fsp3) is 0. The molecule has 104 valence electrons. The van der Waals surface area contributed by atoms with E-state index < -0.39 is 11.9 Å². The van der Waals surface area contributed by atoms with Crippen LogP contribution in [0.2, 0.25) is 0 Å². The highest BCUT2D eigenvalue weighted by Gasteiger charge is 2.16. The van der Waals surface area contributed by atoms with E-state index in [4.69, 9.17) is 21.4 Å². The maximum atomic E-state index is 11.2. The van der Waals surface area contributed by atoms with Crippen LogP contribution in [-0.2, 0) is 0 Å². The molecule has 0 aliphatic heterocycles. The lowest BCUT2D eigenvalue weighted by Gasteiger charge is -2.11. The molecule has 2 aromatic carbocycles. The highest BCUT2D eigenvalue weighted by Crippen LogP contribution is 2.29. The van der Waals surface area contributed by atoms with Gasteiger partial charge in [0.05, 0.1) is 11.1 Å². The lowest BCUT2D eigenvalue weighted by atomic mass is 10.1. The Morgan fingerprint density at radius 3 is 2.33 bits per heavy atom. The Morgan fingerprint density at radius 2 is 1.71 bits per heavy atom. The summed E-state index contributed by atoms with van der Waals surface area (Å²) in [6, 6.07) is 10.1. The van der Waals surface area contributed by atoms with Crippen molar-refractivity contribution in [3.8, 4) is 23.8 Å². The van der Waals surface area contributed by atoms with Crippen LogP contribution in [0.15, 0.2) is 42.5 Å². The summed E-state index contributed by atoms with van der Waals surface area (Å²) in [5, 5.41) is 18.1. The van der Waals surface area contributed by atoms with Crippen molar-refractivity contribution in [3.63, 3.8) is 0 Å². The number of carboxylic acid groups (broad SMARTS) is 2. The molecule has 0 saturated heterocycles. The van der Waals surface area contributed by atoms with Gasteiger partial charge < -0.3 is 14.9 Å². The summed E-state index contributed by atoms with van der Waals surface area (Å²) in [6.07, 6.45) is 5.34. The number of ether oxygens (including phenoxy) is 1. The quantitative estimate of drug-likeness (QED) is 0.842. The van der Waals surface area contributed by atoms with Gasteiger partial charge in [0.25, 0.3) is 0 Å². The van der Waals surface area contributed by atoms with Gasteiger partial charge in [0, 0.05) is 0 Å². The van der Waals surface area contributed by atoms with E-state index in [1.165, 1.54) is 12.1 Å². The predicted octanol–water partition coefficient (Wildman–Crippen LogP) is 2.86. The Kier molecular flexibility index (Phi) is 3.91. The molecule has 21 heavy (non-hydrogen) atoms. The van der Waals surface area contributed by atoms with Gasteiger partial charge in [0.1, 0.15) is 17.1 Å². The zero-order chi connectivity index (χ0) is 15.4. The van der Waals surface area contributed by atoms with Gasteiger partial charge in [-0.15, -0.1) is 6.42 Å². The first-order chi connectivity index (χ1) is 10.0. The molecule has 0 unspecified atom stereocenters. The lowest BCUT2D eigenvalue weighted by Crippen LogP contribution is -2.04. The van der Waals surface area contributed by atoms with Crippen LogP contribution in [0, 0.1) is 12.3 Å². The first kappa shape index (κ1) is 14.2. The summed E-state index contributed by atoms with van der Waals surface area (Å²) in [6.45, 7) is 0. The van der Waals surface area contributed by atoms with Crippen LogP contribution in [0.3, 0.4) is 0 Å². The minimum absolute atomic E-state index is 0.0758. The van der Waals surface area contributed by atoms with Gasteiger partial charge in [-0.25, -0.2) is 9.59 Å². The van der Waals surface area contributed by atoms with E-state index in [9.17, 15) is 9.59 Å². The normalized spacial score (nSPS) is 9.67. The molecule has 2 N–H and O–H groups in total. The molecule has 0 aromatic heterocycles. The second kappa shape index (κ2) is 5.80. The van der Waals surface area contributed by atoms with Crippen molar-refractivity contribution < 1.29 is 24.5 Å². The third-order valence-corrected chi connectivity index (χ3v) is 2.72. The zero-order valence-corrected chi connectivity index (χ0v) is 10.7. The number of hydrogen-bond acceptors (Lipinski definition) is 3. The number of benzene rings is 2. The average molecular weight is 282 g/mol. The minimum atomic E-state index is -1.22. The molecule has 0 atom stereocenters. The molecule has 2 rings (SSSR count). The topological polar surface area (TPSA) is 83.8 Å². The van der Waals surface area contributed by atoms with Crippen LogP contribution < -0.4 is 4.74 Å². The van der Waals surface area contributed by atoms with Gasteiger partial charge in [-0.05, 0) is 30.3 Å². The summed E-state index contributed by atoms with van der Waals surface area (Å²) < 4.78 is 5.50.